The summed E-state index contributed by atoms with van der Waals surface area (Å²) in [4.78, 5) is 2.28. The van der Waals surface area contributed by atoms with Gasteiger partial charge in [-0.15, -0.1) is 0 Å². The van der Waals surface area contributed by atoms with Gasteiger partial charge in [0.15, 0.2) is 0 Å². The van der Waals surface area contributed by atoms with E-state index in [1.807, 2.05) is 18.2 Å². The first-order chi connectivity index (χ1) is 28.3. The lowest BCUT2D eigenvalue weighted by atomic mass is 9.92. The number of benzene rings is 9. The van der Waals surface area contributed by atoms with Crippen LogP contribution in [-0.2, 0) is 0 Å². The summed E-state index contributed by atoms with van der Waals surface area (Å²) < 4.78 is 13.3. The van der Waals surface area contributed by atoms with Crippen LogP contribution in [0.5, 0.6) is 0 Å². The van der Waals surface area contributed by atoms with Gasteiger partial charge in [-0.2, -0.15) is 0 Å². The van der Waals surface area contributed by atoms with Crippen LogP contribution in [0, 0.1) is 0 Å². The number of hydrogen-bond acceptors (Lipinski definition) is 3. The maximum Gasteiger partial charge on any atom is 0.143 e. The number of fused-ring (bicyclic) bond motifs is 7. The van der Waals surface area contributed by atoms with Gasteiger partial charge in [-0.25, -0.2) is 0 Å². The minimum atomic E-state index is 0.843. The monoisotopic (exact) mass is 729 g/mol. The van der Waals surface area contributed by atoms with Crippen LogP contribution < -0.4 is 4.90 Å². The van der Waals surface area contributed by atoms with E-state index in [2.05, 4.69) is 199 Å². The largest absolute Gasteiger partial charge is 0.456 e. The zero-order valence-electron chi connectivity index (χ0n) is 31.0. The van der Waals surface area contributed by atoms with Crippen molar-refractivity contribution in [3.05, 3.63) is 212 Å². The van der Waals surface area contributed by atoms with Gasteiger partial charge in [0.2, 0.25) is 0 Å². The molecule has 9 aromatic carbocycles. The van der Waals surface area contributed by atoms with E-state index in [0.717, 1.165) is 94.3 Å². The number of rotatable bonds is 7. The number of anilines is 3. The molecule has 0 saturated heterocycles. The average molecular weight is 730 g/mol. The Morgan fingerprint density at radius 3 is 1.32 bits per heavy atom. The van der Waals surface area contributed by atoms with Crippen molar-refractivity contribution in [2.45, 2.75) is 0 Å². The van der Waals surface area contributed by atoms with Crippen molar-refractivity contribution in [2.24, 2.45) is 0 Å². The molecule has 11 rings (SSSR count). The SMILES string of the molecule is c1ccc(-c2ccc(-c3ccc(-c4ccc(-c5ccc(N(c6ccccc6)c6ccccc6)cc5)cc4)c4oc5ccc6oc7ccccc7c6c5c34)cc2)cc1. The van der Waals surface area contributed by atoms with E-state index < -0.39 is 0 Å². The van der Waals surface area contributed by atoms with Gasteiger partial charge in [-0.3, -0.25) is 0 Å². The minimum absolute atomic E-state index is 0.843. The van der Waals surface area contributed by atoms with Crippen molar-refractivity contribution in [3.63, 3.8) is 0 Å². The Morgan fingerprint density at radius 1 is 0.263 bits per heavy atom. The Morgan fingerprint density at radius 2 is 0.702 bits per heavy atom. The molecule has 0 atom stereocenters. The van der Waals surface area contributed by atoms with Crippen LogP contribution in [0.2, 0.25) is 0 Å². The molecule has 3 nitrogen and oxygen atoms in total. The lowest BCUT2D eigenvalue weighted by molar-refractivity contribution is 0.663. The van der Waals surface area contributed by atoms with E-state index in [4.69, 9.17) is 8.83 Å². The first kappa shape index (κ1) is 32.8. The van der Waals surface area contributed by atoms with Gasteiger partial charge in [-0.05, 0) is 99.6 Å². The van der Waals surface area contributed by atoms with Crippen molar-refractivity contribution in [3.8, 4) is 44.5 Å². The summed E-state index contributed by atoms with van der Waals surface area (Å²) in [5.41, 5.74) is 15.9. The molecule has 2 heterocycles. The highest BCUT2D eigenvalue weighted by atomic mass is 16.3. The highest BCUT2D eigenvalue weighted by Gasteiger charge is 2.22. The Hall–Kier alpha value is -7.62. The maximum atomic E-state index is 6.90. The molecular weight excluding hydrogens is 695 g/mol. The molecule has 0 aliphatic carbocycles. The molecule has 268 valence electrons. The van der Waals surface area contributed by atoms with Crippen molar-refractivity contribution in [2.75, 3.05) is 4.90 Å². The quantitative estimate of drug-likeness (QED) is 0.164. The molecule has 0 fully saturated rings. The highest BCUT2D eigenvalue weighted by molar-refractivity contribution is 6.29. The van der Waals surface area contributed by atoms with E-state index in [9.17, 15) is 0 Å². The van der Waals surface area contributed by atoms with Crippen LogP contribution in [0.25, 0.3) is 88.4 Å². The van der Waals surface area contributed by atoms with Crippen molar-refractivity contribution in [1.29, 1.82) is 0 Å². The molecular formula is C54H35NO2. The van der Waals surface area contributed by atoms with Gasteiger partial charge in [0.05, 0.1) is 0 Å². The first-order valence-corrected chi connectivity index (χ1v) is 19.3. The molecule has 0 spiro atoms. The second-order valence-corrected chi connectivity index (χ2v) is 14.5. The fraction of sp³-hybridized carbons (Fsp3) is 0. The molecule has 0 aliphatic heterocycles. The predicted molar refractivity (Wildman–Crippen MR) is 237 cm³/mol. The van der Waals surface area contributed by atoms with Gasteiger partial charge in [0.25, 0.3) is 0 Å². The lowest BCUT2D eigenvalue weighted by Gasteiger charge is -2.25. The van der Waals surface area contributed by atoms with E-state index in [1.165, 1.54) is 11.1 Å². The maximum absolute atomic E-state index is 6.90. The molecule has 0 saturated carbocycles. The normalized spacial score (nSPS) is 11.5. The van der Waals surface area contributed by atoms with Crippen LogP contribution in [-0.4, -0.2) is 0 Å². The highest BCUT2D eigenvalue weighted by Crippen LogP contribution is 2.47. The van der Waals surface area contributed by atoms with Crippen LogP contribution >= 0.6 is 0 Å². The molecule has 0 bridgehead atoms. The fourth-order valence-electron chi connectivity index (χ4n) is 8.36. The van der Waals surface area contributed by atoms with Gasteiger partial charge in [-0.1, -0.05) is 152 Å². The molecule has 57 heavy (non-hydrogen) atoms. The van der Waals surface area contributed by atoms with E-state index >= 15 is 0 Å². The Balaban J connectivity index is 1.01. The number of hydrogen-bond donors (Lipinski definition) is 0. The fourth-order valence-corrected chi connectivity index (χ4v) is 8.36. The van der Waals surface area contributed by atoms with Crippen LogP contribution in [0.15, 0.2) is 221 Å². The molecule has 0 amide bonds. The second kappa shape index (κ2) is 13.6. The average Bonchev–Trinajstić information content (AvgIpc) is 3.87. The third-order valence-corrected chi connectivity index (χ3v) is 11.1. The molecule has 2 aromatic heterocycles. The number of furan rings is 2. The summed E-state index contributed by atoms with van der Waals surface area (Å²) in [6.07, 6.45) is 0. The number of nitrogens with zero attached hydrogens (tertiary/aromatic N) is 1. The van der Waals surface area contributed by atoms with Crippen molar-refractivity contribution < 1.29 is 8.83 Å². The van der Waals surface area contributed by atoms with Gasteiger partial charge >= 0.3 is 0 Å². The summed E-state index contributed by atoms with van der Waals surface area (Å²) in [6.45, 7) is 0. The smallest absolute Gasteiger partial charge is 0.143 e. The van der Waals surface area contributed by atoms with E-state index in [1.54, 1.807) is 0 Å². The summed E-state index contributed by atoms with van der Waals surface area (Å²) >= 11 is 0. The third-order valence-electron chi connectivity index (χ3n) is 11.1. The Labute approximate surface area is 330 Å². The molecule has 3 heteroatoms. The lowest BCUT2D eigenvalue weighted by Crippen LogP contribution is -2.09. The molecule has 0 radical (unpaired) electrons. The van der Waals surface area contributed by atoms with E-state index in [-0.39, 0.29) is 0 Å². The summed E-state index contributed by atoms with van der Waals surface area (Å²) in [5, 5.41) is 4.34. The number of para-hydroxylation sites is 3. The third kappa shape index (κ3) is 5.68. The predicted octanol–water partition coefficient (Wildman–Crippen LogP) is 15.6. The van der Waals surface area contributed by atoms with Crippen LogP contribution in [0.4, 0.5) is 17.1 Å². The minimum Gasteiger partial charge on any atom is -0.456 e. The summed E-state index contributed by atoms with van der Waals surface area (Å²) in [7, 11) is 0. The van der Waals surface area contributed by atoms with Crippen molar-refractivity contribution >= 4 is 60.9 Å². The van der Waals surface area contributed by atoms with Gasteiger partial charge < -0.3 is 13.7 Å². The van der Waals surface area contributed by atoms with Crippen LogP contribution in [0.1, 0.15) is 0 Å². The Kier molecular flexibility index (Phi) is 7.82. The van der Waals surface area contributed by atoms with Crippen molar-refractivity contribution in [1.82, 2.24) is 0 Å². The zero-order chi connectivity index (χ0) is 37.7. The van der Waals surface area contributed by atoms with Gasteiger partial charge in [0, 0.05) is 44.2 Å². The standard InChI is InChI=1S/C54H35NO2/c1-4-12-36(13-5-1)37-20-24-40(25-21-37)45-32-33-46(54-52(45)53-50(57-54)35-34-49-51(53)47-18-10-11-19-48(47)56-49)41-26-22-38(23-27-41)39-28-30-44(31-29-39)55(42-14-6-2-7-15-42)43-16-8-3-9-17-43/h1-35H. The second-order valence-electron chi connectivity index (χ2n) is 14.5. The van der Waals surface area contributed by atoms with E-state index in [0.29, 0.717) is 0 Å². The molecule has 0 N–H and O–H groups in total. The first-order valence-electron chi connectivity index (χ1n) is 19.3. The Bertz CT molecular complexity index is 3140. The van der Waals surface area contributed by atoms with Gasteiger partial charge in [0.1, 0.15) is 22.3 Å². The molecule has 0 aliphatic rings. The zero-order valence-corrected chi connectivity index (χ0v) is 31.0. The molecule has 11 aromatic rings. The molecule has 0 unspecified atom stereocenters. The summed E-state index contributed by atoms with van der Waals surface area (Å²) in [5.74, 6) is 0. The topological polar surface area (TPSA) is 29.5 Å². The van der Waals surface area contributed by atoms with Crippen LogP contribution in [0.3, 0.4) is 0 Å². The summed E-state index contributed by atoms with van der Waals surface area (Å²) in [6, 6.07) is 74.9.